The van der Waals surface area contributed by atoms with Crippen molar-refractivity contribution in [2.45, 2.75) is 25.0 Å². The molecule has 2 fully saturated rings. The van der Waals surface area contributed by atoms with E-state index in [-0.39, 0.29) is 29.5 Å². The fourth-order valence-corrected chi connectivity index (χ4v) is 3.84. The van der Waals surface area contributed by atoms with Crippen LogP contribution in [0.4, 0.5) is 5.69 Å². The number of likely N-dealkylation sites (tertiary alicyclic amines) is 1. The molecule has 2 aromatic rings. The van der Waals surface area contributed by atoms with E-state index in [0.717, 1.165) is 18.9 Å². The Bertz CT molecular complexity index is 1030. The van der Waals surface area contributed by atoms with Crippen molar-refractivity contribution < 1.29 is 24.4 Å². The maximum absolute atomic E-state index is 12.9. The van der Waals surface area contributed by atoms with E-state index < -0.39 is 28.4 Å². The minimum atomic E-state index is -0.908. The van der Waals surface area contributed by atoms with Gasteiger partial charge in [0.25, 0.3) is 17.4 Å². The van der Waals surface area contributed by atoms with E-state index in [9.17, 15) is 24.8 Å². The Morgan fingerprint density at radius 2 is 2.10 bits per heavy atom. The predicted molar refractivity (Wildman–Crippen MR) is 105 cm³/mol. The third-order valence-corrected chi connectivity index (χ3v) is 5.26. The van der Waals surface area contributed by atoms with E-state index in [2.05, 4.69) is 4.98 Å². The summed E-state index contributed by atoms with van der Waals surface area (Å²) in [5, 5.41) is 22.0. The number of hydrogen-bond donors (Lipinski definition) is 1. The van der Waals surface area contributed by atoms with Gasteiger partial charge < -0.3 is 14.7 Å². The normalized spacial score (nSPS) is 23.1. The number of non-ortho nitro benzene ring substituents is 1. The van der Waals surface area contributed by atoms with Gasteiger partial charge in [0.15, 0.2) is 0 Å². The first-order chi connectivity index (χ1) is 14.5. The Hall–Kier alpha value is -3.59. The van der Waals surface area contributed by atoms with Gasteiger partial charge in [-0.1, -0.05) is 18.2 Å². The molecule has 3 heterocycles. The molecule has 1 aromatic heterocycles. The number of amides is 1. The number of aromatic nitrogens is 1. The van der Waals surface area contributed by atoms with Crippen LogP contribution >= 0.6 is 0 Å². The highest BCUT2D eigenvalue weighted by atomic mass is 16.6. The molecule has 9 heteroatoms. The number of hydrogen-bond acceptors (Lipinski definition) is 7. The quantitative estimate of drug-likeness (QED) is 0.265. The van der Waals surface area contributed by atoms with Crippen molar-refractivity contribution in [1.29, 1.82) is 0 Å². The van der Waals surface area contributed by atoms with Crippen molar-refractivity contribution in [2.24, 2.45) is 0 Å². The lowest BCUT2D eigenvalue weighted by molar-refractivity contribution is -0.384. The lowest BCUT2D eigenvalue weighted by Crippen LogP contribution is -2.36. The van der Waals surface area contributed by atoms with E-state index in [4.69, 9.17) is 4.74 Å². The molecule has 0 spiro atoms. The fourth-order valence-electron chi connectivity index (χ4n) is 3.84. The van der Waals surface area contributed by atoms with Crippen LogP contribution in [0.5, 0.6) is 0 Å². The van der Waals surface area contributed by atoms with Crippen molar-refractivity contribution in [3.8, 4) is 0 Å². The number of aliphatic hydroxyl groups is 1. The lowest BCUT2D eigenvalue weighted by atomic mass is 9.98. The van der Waals surface area contributed by atoms with E-state index >= 15 is 0 Å². The molecule has 1 amide bonds. The number of rotatable bonds is 5. The highest BCUT2D eigenvalue weighted by Crippen LogP contribution is 2.39. The molecular formula is C21H19N3O6. The summed E-state index contributed by atoms with van der Waals surface area (Å²) in [6, 6.07) is 9.49. The molecule has 0 bridgehead atoms. The number of carbonyl (C=O) groups excluding carboxylic acids is 2. The molecule has 154 valence electrons. The number of nitrogens with zero attached hydrogens (tertiary/aromatic N) is 3. The molecule has 1 N–H and O–H groups in total. The number of Topliss-reactive ketones (excluding diaryl/α,β-unsaturated/α-hetero) is 1. The number of aliphatic hydroxyl groups excluding tert-OH is 1. The number of pyridine rings is 1. The molecule has 2 unspecified atom stereocenters. The topological polar surface area (TPSA) is 123 Å². The maximum Gasteiger partial charge on any atom is 0.295 e. The van der Waals surface area contributed by atoms with Crippen molar-refractivity contribution in [3.05, 3.63) is 75.6 Å². The van der Waals surface area contributed by atoms with Gasteiger partial charge in [-0.3, -0.25) is 24.7 Å². The molecule has 1 aromatic carbocycles. The molecular weight excluding hydrogens is 390 g/mol. The number of nitro groups is 1. The fraction of sp³-hybridized carbons (Fsp3) is 0.286. The van der Waals surface area contributed by atoms with Crippen molar-refractivity contribution in [3.63, 3.8) is 0 Å². The van der Waals surface area contributed by atoms with Gasteiger partial charge in [-0.2, -0.15) is 0 Å². The first-order valence-corrected chi connectivity index (χ1v) is 9.53. The van der Waals surface area contributed by atoms with E-state index in [1.807, 2.05) is 0 Å². The highest BCUT2D eigenvalue weighted by Gasteiger charge is 2.47. The molecule has 2 aliphatic heterocycles. The van der Waals surface area contributed by atoms with Crippen LogP contribution in [0.25, 0.3) is 5.76 Å². The van der Waals surface area contributed by atoms with Gasteiger partial charge in [0.1, 0.15) is 11.8 Å². The molecule has 2 atom stereocenters. The second-order valence-electron chi connectivity index (χ2n) is 7.15. The van der Waals surface area contributed by atoms with Crippen LogP contribution in [0.2, 0.25) is 0 Å². The monoisotopic (exact) mass is 409 g/mol. The molecule has 2 aliphatic rings. The molecule has 0 aliphatic carbocycles. The molecule has 30 heavy (non-hydrogen) atoms. The van der Waals surface area contributed by atoms with Crippen molar-refractivity contribution >= 4 is 23.1 Å². The largest absolute Gasteiger partial charge is 0.507 e. The van der Waals surface area contributed by atoms with Gasteiger partial charge in [0.05, 0.1) is 22.3 Å². The van der Waals surface area contributed by atoms with Crippen LogP contribution in [-0.2, 0) is 14.3 Å². The predicted octanol–water partition coefficient (Wildman–Crippen LogP) is 2.59. The summed E-state index contributed by atoms with van der Waals surface area (Å²) in [6.07, 6.45) is 2.97. The molecule has 4 rings (SSSR count). The Morgan fingerprint density at radius 1 is 1.27 bits per heavy atom. The number of ketones is 1. The van der Waals surface area contributed by atoms with Crippen LogP contribution in [-0.4, -0.2) is 50.9 Å². The van der Waals surface area contributed by atoms with Gasteiger partial charge in [-0.15, -0.1) is 0 Å². The molecule has 2 saturated heterocycles. The second kappa shape index (κ2) is 8.03. The van der Waals surface area contributed by atoms with Crippen LogP contribution < -0.4 is 0 Å². The molecule has 9 nitrogen and oxygen atoms in total. The van der Waals surface area contributed by atoms with Crippen LogP contribution in [0.1, 0.15) is 30.1 Å². The van der Waals surface area contributed by atoms with Gasteiger partial charge in [-0.25, -0.2) is 0 Å². The number of ether oxygens (including phenoxy) is 1. The standard InChI is InChI=1S/C21H19N3O6/c25-19(13-5-3-6-14(11-13)24(28)29)17-18(16-8-1-2-9-22-16)23(21(27)20(17)26)12-15-7-4-10-30-15/h1-3,5-6,8-9,11,15,18,25H,4,7,10,12H2/b19-17-. The zero-order chi connectivity index (χ0) is 21.3. The smallest absolute Gasteiger partial charge is 0.295 e. The summed E-state index contributed by atoms with van der Waals surface area (Å²) < 4.78 is 5.63. The summed E-state index contributed by atoms with van der Waals surface area (Å²) in [5.41, 5.74) is 0.126. The SMILES string of the molecule is O=C1C(=O)N(CC2CCCO2)C(c2ccccn2)/C1=C(/O)c1cccc([N+](=O)[O-])c1. The Morgan fingerprint density at radius 3 is 2.77 bits per heavy atom. The zero-order valence-corrected chi connectivity index (χ0v) is 15.9. The van der Waals surface area contributed by atoms with E-state index in [1.165, 1.54) is 29.3 Å². The van der Waals surface area contributed by atoms with Crippen LogP contribution in [0.3, 0.4) is 0 Å². The average molecular weight is 409 g/mol. The minimum absolute atomic E-state index is 0.0836. The highest BCUT2D eigenvalue weighted by molar-refractivity contribution is 6.46. The average Bonchev–Trinajstić information content (AvgIpc) is 3.36. The van der Waals surface area contributed by atoms with E-state index in [0.29, 0.717) is 12.3 Å². The van der Waals surface area contributed by atoms with Gasteiger partial charge in [0.2, 0.25) is 0 Å². The first-order valence-electron chi connectivity index (χ1n) is 9.53. The molecule has 0 radical (unpaired) electrons. The lowest BCUT2D eigenvalue weighted by Gasteiger charge is -2.26. The maximum atomic E-state index is 12.9. The summed E-state index contributed by atoms with van der Waals surface area (Å²) in [6.45, 7) is 0.786. The van der Waals surface area contributed by atoms with Gasteiger partial charge >= 0.3 is 0 Å². The summed E-state index contributed by atoms with van der Waals surface area (Å²) in [7, 11) is 0. The molecule has 0 saturated carbocycles. The van der Waals surface area contributed by atoms with Crippen LogP contribution in [0.15, 0.2) is 54.2 Å². The summed E-state index contributed by atoms with van der Waals surface area (Å²) in [4.78, 5) is 41.9. The Kier molecular flexibility index (Phi) is 5.28. The summed E-state index contributed by atoms with van der Waals surface area (Å²) >= 11 is 0. The number of nitro benzene ring substituents is 1. The third-order valence-electron chi connectivity index (χ3n) is 5.26. The third kappa shape index (κ3) is 3.55. The van der Waals surface area contributed by atoms with Crippen LogP contribution in [0, 0.1) is 10.1 Å². The number of benzene rings is 1. The summed E-state index contributed by atoms with van der Waals surface area (Å²) in [5.74, 6) is -2.08. The van der Waals surface area contributed by atoms with Crippen molar-refractivity contribution in [1.82, 2.24) is 9.88 Å². The first kappa shape index (κ1) is 19.7. The van der Waals surface area contributed by atoms with E-state index in [1.54, 1.807) is 18.2 Å². The van der Waals surface area contributed by atoms with Gasteiger partial charge in [0, 0.05) is 37.0 Å². The Labute approximate surface area is 171 Å². The number of carbonyl (C=O) groups is 2. The van der Waals surface area contributed by atoms with Crippen molar-refractivity contribution in [2.75, 3.05) is 13.2 Å². The second-order valence-corrected chi connectivity index (χ2v) is 7.15. The Balaban J connectivity index is 1.82. The minimum Gasteiger partial charge on any atom is -0.507 e. The zero-order valence-electron chi connectivity index (χ0n) is 15.9. The van der Waals surface area contributed by atoms with Gasteiger partial charge in [-0.05, 0) is 25.0 Å².